The van der Waals surface area contributed by atoms with Gasteiger partial charge < -0.3 is 10.1 Å². The standard InChI is InChI=1S/C15H18IN3O/c1-3-9-17-15-13(16)12(10-20-2)18-14(19-15)11-7-5-4-6-8-11/h4-8H,3,9-10H2,1-2H3,(H,17,18,19). The van der Waals surface area contributed by atoms with Gasteiger partial charge >= 0.3 is 0 Å². The lowest BCUT2D eigenvalue weighted by Gasteiger charge is -2.12. The highest BCUT2D eigenvalue weighted by atomic mass is 127. The molecule has 1 N–H and O–H groups in total. The second-order valence-electron chi connectivity index (χ2n) is 4.38. The van der Waals surface area contributed by atoms with Gasteiger partial charge in [-0.25, -0.2) is 9.97 Å². The second kappa shape index (κ2) is 7.54. The fraction of sp³-hybridized carbons (Fsp3) is 0.333. The van der Waals surface area contributed by atoms with E-state index in [1.165, 1.54) is 0 Å². The smallest absolute Gasteiger partial charge is 0.161 e. The average molecular weight is 383 g/mol. The maximum atomic E-state index is 5.24. The highest BCUT2D eigenvalue weighted by molar-refractivity contribution is 14.1. The Kier molecular flexibility index (Phi) is 5.72. The SMILES string of the molecule is CCCNc1nc(-c2ccccc2)nc(COC)c1I. The first kappa shape index (κ1) is 15.2. The number of hydrogen-bond donors (Lipinski definition) is 1. The summed E-state index contributed by atoms with van der Waals surface area (Å²) in [6, 6.07) is 10.0. The van der Waals surface area contributed by atoms with Gasteiger partial charge in [-0.1, -0.05) is 37.3 Å². The lowest BCUT2D eigenvalue weighted by Crippen LogP contribution is -2.09. The molecule has 0 aliphatic rings. The number of nitrogens with one attached hydrogen (secondary N) is 1. The molecule has 20 heavy (non-hydrogen) atoms. The molecule has 0 saturated heterocycles. The Labute approximate surface area is 133 Å². The zero-order chi connectivity index (χ0) is 14.4. The summed E-state index contributed by atoms with van der Waals surface area (Å²) in [6.07, 6.45) is 1.06. The maximum absolute atomic E-state index is 5.24. The van der Waals surface area contributed by atoms with Crippen molar-refractivity contribution in [1.82, 2.24) is 9.97 Å². The fourth-order valence-electron chi connectivity index (χ4n) is 1.80. The van der Waals surface area contributed by atoms with E-state index in [0.717, 1.165) is 39.4 Å². The largest absolute Gasteiger partial charge is 0.378 e. The molecule has 0 unspecified atom stereocenters. The van der Waals surface area contributed by atoms with Crippen LogP contribution < -0.4 is 5.32 Å². The van der Waals surface area contributed by atoms with Crippen molar-refractivity contribution in [2.75, 3.05) is 19.0 Å². The molecule has 0 aliphatic carbocycles. The highest BCUT2D eigenvalue weighted by Gasteiger charge is 2.12. The van der Waals surface area contributed by atoms with Crippen molar-refractivity contribution in [3.05, 3.63) is 39.6 Å². The summed E-state index contributed by atoms with van der Waals surface area (Å²) in [7, 11) is 1.68. The van der Waals surface area contributed by atoms with Crippen LogP contribution >= 0.6 is 22.6 Å². The van der Waals surface area contributed by atoms with Gasteiger partial charge in [-0.3, -0.25) is 0 Å². The van der Waals surface area contributed by atoms with Crippen molar-refractivity contribution < 1.29 is 4.74 Å². The Morgan fingerprint density at radius 3 is 2.60 bits per heavy atom. The van der Waals surface area contributed by atoms with E-state index in [2.05, 4.69) is 44.8 Å². The Bertz CT molecular complexity index is 561. The molecule has 106 valence electrons. The Morgan fingerprint density at radius 2 is 1.95 bits per heavy atom. The molecule has 2 aromatic rings. The average Bonchev–Trinajstić information content (AvgIpc) is 2.49. The van der Waals surface area contributed by atoms with Gasteiger partial charge in [0.25, 0.3) is 0 Å². The first-order valence-corrected chi connectivity index (χ1v) is 7.68. The first-order chi connectivity index (χ1) is 9.76. The van der Waals surface area contributed by atoms with Gasteiger partial charge in [0.05, 0.1) is 15.9 Å². The molecule has 0 amide bonds. The van der Waals surface area contributed by atoms with Gasteiger partial charge in [0.1, 0.15) is 5.82 Å². The summed E-state index contributed by atoms with van der Waals surface area (Å²) in [4.78, 5) is 9.26. The number of ether oxygens (including phenoxy) is 1. The van der Waals surface area contributed by atoms with Crippen molar-refractivity contribution in [3.8, 4) is 11.4 Å². The van der Waals surface area contributed by atoms with Crippen molar-refractivity contribution in [3.63, 3.8) is 0 Å². The molecule has 1 aromatic heterocycles. The first-order valence-electron chi connectivity index (χ1n) is 6.61. The molecule has 2 rings (SSSR count). The van der Waals surface area contributed by atoms with Gasteiger partial charge in [0.15, 0.2) is 5.82 Å². The minimum atomic E-state index is 0.488. The van der Waals surface area contributed by atoms with E-state index in [1.807, 2.05) is 30.3 Å². The van der Waals surface area contributed by atoms with Crippen LogP contribution in [0.15, 0.2) is 30.3 Å². The van der Waals surface area contributed by atoms with Gasteiger partial charge in [0, 0.05) is 19.2 Å². The number of rotatable bonds is 6. The molecular formula is C15H18IN3O. The minimum Gasteiger partial charge on any atom is -0.378 e. The van der Waals surface area contributed by atoms with E-state index in [4.69, 9.17) is 4.74 Å². The van der Waals surface area contributed by atoms with Crippen LogP contribution in [0.2, 0.25) is 0 Å². The molecule has 0 aliphatic heterocycles. The highest BCUT2D eigenvalue weighted by Crippen LogP contribution is 2.24. The summed E-state index contributed by atoms with van der Waals surface area (Å²) in [6.45, 7) is 3.52. The van der Waals surface area contributed by atoms with Crippen LogP contribution in [0.4, 0.5) is 5.82 Å². The maximum Gasteiger partial charge on any atom is 0.161 e. The molecule has 0 bridgehead atoms. The van der Waals surface area contributed by atoms with E-state index < -0.39 is 0 Å². The molecule has 1 aromatic carbocycles. The van der Waals surface area contributed by atoms with Crippen molar-refractivity contribution in [1.29, 1.82) is 0 Å². The van der Waals surface area contributed by atoms with Gasteiger partial charge in [-0.05, 0) is 29.0 Å². The number of nitrogens with zero attached hydrogens (tertiary/aromatic N) is 2. The lowest BCUT2D eigenvalue weighted by atomic mass is 10.2. The lowest BCUT2D eigenvalue weighted by molar-refractivity contribution is 0.181. The second-order valence-corrected chi connectivity index (χ2v) is 5.46. The van der Waals surface area contributed by atoms with E-state index in [9.17, 15) is 0 Å². The molecule has 0 radical (unpaired) electrons. The summed E-state index contributed by atoms with van der Waals surface area (Å²) in [5.74, 6) is 1.62. The molecule has 5 heteroatoms. The molecule has 0 saturated carbocycles. The summed E-state index contributed by atoms with van der Waals surface area (Å²) < 4.78 is 6.26. The quantitative estimate of drug-likeness (QED) is 0.773. The Hall–Kier alpha value is -1.21. The van der Waals surface area contributed by atoms with Gasteiger partial charge in [-0.15, -0.1) is 0 Å². The van der Waals surface area contributed by atoms with Crippen molar-refractivity contribution in [2.45, 2.75) is 20.0 Å². The van der Waals surface area contributed by atoms with Crippen LogP contribution in [0.1, 0.15) is 19.0 Å². The van der Waals surface area contributed by atoms with Gasteiger partial charge in [0.2, 0.25) is 0 Å². The van der Waals surface area contributed by atoms with E-state index >= 15 is 0 Å². The normalized spacial score (nSPS) is 10.6. The zero-order valence-electron chi connectivity index (χ0n) is 11.7. The zero-order valence-corrected chi connectivity index (χ0v) is 13.8. The van der Waals surface area contributed by atoms with E-state index in [1.54, 1.807) is 7.11 Å². The van der Waals surface area contributed by atoms with Gasteiger partial charge in [-0.2, -0.15) is 0 Å². The minimum absolute atomic E-state index is 0.488. The monoisotopic (exact) mass is 383 g/mol. The van der Waals surface area contributed by atoms with Crippen LogP contribution in [0.3, 0.4) is 0 Å². The number of methoxy groups -OCH3 is 1. The van der Waals surface area contributed by atoms with E-state index in [-0.39, 0.29) is 0 Å². The number of anilines is 1. The topological polar surface area (TPSA) is 47.0 Å². The Morgan fingerprint density at radius 1 is 1.20 bits per heavy atom. The van der Waals surface area contributed by atoms with Crippen LogP contribution in [-0.4, -0.2) is 23.6 Å². The summed E-state index contributed by atoms with van der Waals surface area (Å²) in [5.41, 5.74) is 1.93. The molecule has 0 fully saturated rings. The summed E-state index contributed by atoms with van der Waals surface area (Å²) in [5, 5.41) is 3.36. The fourth-order valence-corrected chi connectivity index (χ4v) is 2.39. The summed E-state index contributed by atoms with van der Waals surface area (Å²) >= 11 is 2.27. The van der Waals surface area contributed by atoms with Crippen molar-refractivity contribution in [2.24, 2.45) is 0 Å². The third-order valence-corrected chi connectivity index (χ3v) is 3.91. The van der Waals surface area contributed by atoms with Crippen LogP contribution in [0, 0.1) is 3.57 Å². The molecule has 0 atom stereocenters. The predicted octanol–water partition coefficient (Wildman–Crippen LogP) is 3.72. The van der Waals surface area contributed by atoms with Crippen molar-refractivity contribution >= 4 is 28.4 Å². The van der Waals surface area contributed by atoms with E-state index in [0.29, 0.717) is 6.61 Å². The molecule has 1 heterocycles. The van der Waals surface area contributed by atoms with Crippen LogP contribution in [0.25, 0.3) is 11.4 Å². The predicted molar refractivity (Wildman–Crippen MR) is 89.7 cm³/mol. The number of hydrogen-bond acceptors (Lipinski definition) is 4. The van der Waals surface area contributed by atoms with Crippen LogP contribution in [0.5, 0.6) is 0 Å². The third-order valence-electron chi connectivity index (χ3n) is 2.78. The number of benzene rings is 1. The Balaban J connectivity index is 2.44. The molecular weight excluding hydrogens is 365 g/mol. The number of aromatic nitrogens is 2. The number of halogens is 1. The molecule has 0 spiro atoms. The van der Waals surface area contributed by atoms with Crippen LogP contribution in [-0.2, 0) is 11.3 Å². The molecule has 4 nitrogen and oxygen atoms in total. The third kappa shape index (κ3) is 3.67.